The Bertz CT molecular complexity index is 1200. The molecule has 0 atom stereocenters. The molecule has 3 aromatic carbocycles. The van der Waals surface area contributed by atoms with Crippen molar-refractivity contribution in [3.8, 4) is 0 Å². The zero-order chi connectivity index (χ0) is 19.8. The fourth-order valence-corrected chi connectivity index (χ4v) is 5.14. The number of benzene rings is 3. The molecule has 1 fully saturated rings. The van der Waals surface area contributed by atoms with E-state index in [1.54, 1.807) is 11.3 Å². The lowest BCUT2D eigenvalue weighted by molar-refractivity contribution is -0.130. The first-order valence-electron chi connectivity index (χ1n) is 9.73. The van der Waals surface area contributed by atoms with Gasteiger partial charge in [0.2, 0.25) is 5.91 Å². The van der Waals surface area contributed by atoms with Crippen LogP contribution in [0.4, 0.5) is 5.13 Å². The minimum absolute atomic E-state index is 0.187. The van der Waals surface area contributed by atoms with Gasteiger partial charge in [-0.2, -0.15) is 0 Å². The van der Waals surface area contributed by atoms with Crippen molar-refractivity contribution in [1.29, 1.82) is 0 Å². The van der Waals surface area contributed by atoms with Crippen LogP contribution in [0.25, 0.3) is 21.0 Å². The van der Waals surface area contributed by atoms with Crippen LogP contribution in [0.2, 0.25) is 5.02 Å². The summed E-state index contributed by atoms with van der Waals surface area (Å²) in [6, 6.07) is 20.4. The molecule has 0 unspecified atom stereocenters. The molecule has 29 heavy (non-hydrogen) atoms. The molecule has 0 spiro atoms. The topological polar surface area (TPSA) is 36.4 Å². The van der Waals surface area contributed by atoms with Gasteiger partial charge in [-0.1, -0.05) is 71.5 Å². The monoisotopic (exact) mass is 421 g/mol. The SMILES string of the molecule is O=C(Cc1ccc2ccccc2c1)N1CCN(c2nc3c(Cl)cccc3s2)CC1. The Morgan fingerprint density at radius 1 is 0.966 bits per heavy atom. The van der Waals surface area contributed by atoms with Crippen LogP contribution in [0.3, 0.4) is 0 Å². The van der Waals surface area contributed by atoms with Crippen molar-refractivity contribution in [2.75, 3.05) is 31.1 Å². The summed E-state index contributed by atoms with van der Waals surface area (Å²) in [6.07, 6.45) is 0.446. The van der Waals surface area contributed by atoms with Crippen LogP contribution in [0.15, 0.2) is 60.7 Å². The number of fused-ring (bicyclic) bond motifs is 2. The van der Waals surface area contributed by atoms with Crippen LogP contribution in [-0.2, 0) is 11.2 Å². The van der Waals surface area contributed by atoms with Crippen LogP contribution < -0.4 is 4.90 Å². The van der Waals surface area contributed by atoms with E-state index in [9.17, 15) is 4.79 Å². The molecule has 1 aliphatic heterocycles. The van der Waals surface area contributed by atoms with E-state index in [-0.39, 0.29) is 5.91 Å². The summed E-state index contributed by atoms with van der Waals surface area (Å²) in [4.78, 5) is 21.7. The van der Waals surface area contributed by atoms with E-state index in [1.165, 1.54) is 10.8 Å². The normalized spacial score (nSPS) is 14.7. The smallest absolute Gasteiger partial charge is 0.227 e. The van der Waals surface area contributed by atoms with Crippen molar-refractivity contribution in [3.63, 3.8) is 0 Å². The van der Waals surface area contributed by atoms with Gasteiger partial charge in [0.05, 0.1) is 16.1 Å². The fourth-order valence-electron chi connectivity index (χ4n) is 3.82. The third-order valence-electron chi connectivity index (χ3n) is 5.43. The number of halogens is 1. The number of para-hydroxylation sites is 1. The lowest BCUT2D eigenvalue weighted by atomic mass is 10.0. The van der Waals surface area contributed by atoms with Crippen molar-refractivity contribution >= 4 is 55.0 Å². The molecular weight excluding hydrogens is 402 g/mol. The molecule has 4 aromatic rings. The van der Waals surface area contributed by atoms with Crippen LogP contribution in [0.1, 0.15) is 5.56 Å². The van der Waals surface area contributed by atoms with E-state index in [1.807, 2.05) is 35.2 Å². The van der Waals surface area contributed by atoms with E-state index < -0.39 is 0 Å². The van der Waals surface area contributed by atoms with Crippen LogP contribution in [0, 0.1) is 0 Å². The zero-order valence-corrected chi connectivity index (χ0v) is 17.4. The molecule has 1 aliphatic rings. The first-order chi connectivity index (χ1) is 14.2. The molecule has 0 bridgehead atoms. The number of carbonyl (C=O) groups is 1. The van der Waals surface area contributed by atoms with Gasteiger partial charge < -0.3 is 9.80 Å². The van der Waals surface area contributed by atoms with Gasteiger partial charge in [-0.05, 0) is 28.5 Å². The number of carbonyl (C=O) groups excluding carboxylic acids is 1. The van der Waals surface area contributed by atoms with Gasteiger partial charge in [0.25, 0.3) is 0 Å². The molecule has 0 radical (unpaired) electrons. The maximum atomic E-state index is 12.8. The van der Waals surface area contributed by atoms with Crippen molar-refractivity contribution in [3.05, 3.63) is 71.2 Å². The second-order valence-corrected chi connectivity index (χ2v) is 8.73. The molecule has 2 heterocycles. The Balaban J connectivity index is 1.24. The van der Waals surface area contributed by atoms with E-state index in [4.69, 9.17) is 16.6 Å². The van der Waals surface area contributed by atoms with Crippen molar-refractivity contribution in [2.45, 2.75) is 6.42 Å². The highest BCUT2D eigenvalue weighted by Crippen LogP contribution is 2.33. The Hall–Kier alpha value is -2.63. The summed E-state index contributed by atoms with van der Waals surface area (Å²) in [6.45, 7) is 3.02. The second-order valence-electron chi connectivity index (χ2n) is 7.31. The number of aromatic nitrogens is 1. The predicted octanol–water partition coefficient (Wildman–Crippen LogP) is 4.99. The highest BCUT2D eigenvalue weighted by Gasteiger charge is 2.23. The number of thiazole rings is 1. The minimum atomic E-state index is 0.187. The maximum absolute atomic E-state index is 12.8. The van der Waals surface area contributed by atoms with Gasteiger partial charge in [-0.15, -0.1) is 0 Å². The van der Waals surface area contributed by atoms with Crippen LogP contribution in [-0.4, -0.2) is 42.0 Å². The average Bonchev–Trinajstić information content (AvgIpc) is 3.20. The molecule has 146 valence electrons. The first kappa shape index (κ1) is 18.4. The minimum Gasteiger partial charge on any atom is -0.345 e. The highest BCUT2D eigenvalue weighted by atomic mass is 35.5. The molecule has 0 saturated carbocycles. The summed E-state index contributed by atoms with van der Waals surface area (Å²) in [7, 11) is 0. The summed E-state index contributed by atoms with van der Waals surface area (Å²) < 4.78 is 1.10. The van der Waals surface area contributed by atoms with Crippen LogP contribution in [0.5, 0.6) is 0 Å². The average molecular weight is 422 g/mol. The Labute approximate surface area is 178 Å². The van der Waals surface area contributed by atoms with Crippen molar-refractivity contribution in [2.24, 2.45) is 0 Å². The molecule has 0 aliphatic carbocycles. The van der Waals surface area contributed by atoms with Gasteiger partial charge in [-0.3, -0.25) is 4.79 Å². The first-order valence-corrected chi connectivity index (χ1v) is 10.9. The van der Waals surface area contributed by atoms with Gasteiger partial charge in [0.1, 0.15) is 5.52 Å². The Morgan fingerprint density at radius 3 is 2.55 bits per heavy atom. The van der Waals surface area contributed by atoms with Gasteiger partial charge in [0, 0.05) is 26.2 Å². The molecular formula is C23H20ClN3OS. The van der Waals surface area contributed by atoms with E-state index in [0.29, 0.717) is 11.4 Å². The van der Waals surface area contributed by atoms with E-state index in [2.05, 4.69) is 35.2 Å². The largest absolute Gasteiger partial charge is 0.345 e. The number of anilines is 1. The molecule has 0 N–H and O–H groups in total. The summed E-state index contributed by atoms with van der Waals surface area (Å²) in [5, 5.41) is 4.05. The number of hydrogen-bond acceptors (Lipinski definition) is 4. The standard InChI is InChI=1S/C23H20ClN3OS/c24-19-6-3-7-20-22(19)25-23(29-20)27-12-10-26(11-13-27)21(28)15-16-8-9-17-4-1-2-5-18(17)14-16/h1-9,14H,10-13,15H2. The zero-order valence-electron chi connectivity index (χ0n) is 15.8. The lowest BCUT2D eigenvalue weighted by Gasteiger charge is -2.34. The highest BCUT2D eigenvalue weighted by molar-refractivity contribution is 7.22. The number of nitrogens with zero attached hydrogens (tertiary/aromatic N) is 3. The number of rotatable bonds is 3. The van der Waals surface area contributed by atoms with Crippen LogP contribution >= 0.6 is 22.9 Å². The number of piperazine rings is 1. The van der Waals surface area contributed by atoms with E-state index >= 15 is 0 Å². The third kappa shape index (κ3) is 3.68. The predicted molar refractivity (Wildman–Crippen MR) is 121 cm³/mol. The van der Waals surface area contributed by atoms with Gasteiger partial charge >= 0.3 is 0 Å². The summed E-state index contributed by atoms with van der Waals surface area (Å²) in [5.41, 5.74) is 1.93. The third-order valence-corrected chi connectivity index (χ3v) is 6.82. The molecule has 6 heteroatoms. The lowest BCUT2D eigenvalue weighted by Crippen LogP contribution is -2.49. The summed E-state index contributed by atoms with van der Waals surface area (Å²) >= 11 is 7.92. The Morgan fingerprint density at radius 2 is 1.76 bits per heavy atom. The number of amides is 1. The molecule has 4 nitrogen and oxygen atoms in total. The van der Waals surface area contributed by atoms with Crippen molar-refractivity contribution in [1.82, 2.24) is 9.88 Å². The summed E-state index contributed by atoms with van der Waals surface area (Å²) in [5.74, 6) is 0.187. The quantitative estimate of drug-likeness (QED) is 0.467. The maximum Gasteiger partial charge on any atom is 0.227 e. The second kappa shape index (κ2) is 7.65. The number of hydrogen-bond donors (Lipinski definition) is 0. The van der Waals surface area contributed by atoms with Gasteiger partial charge in [-0.25, -0.2) is 4.98 Å². The molecule has 1 amide bonds. The van der Waals surface area contributed by atoms with Gasteiger partial charge in [0.15, 0.2) is 5.13 Å². The molecule has 1 aromatic heterocycles. The Kier molecular flexibility index (Phi) is 4.86. The molecule has 1 saturated heterocycles. The fraction of sp³-hybridized carbons (Fsp3) is 0.217. The van der Waals surface area contributed by atoms with Crippen molar-refractivity contribution < 1.29 is 4.79 Å². The van der Waals surface area contributed by atoms with E-state index in [0.717, 1.165) is 47.1 Å². The molecule has 5 rings (SSSR count).